The maximum absolute atomic E-state index is 13.0. The molecule has 3 aromatic carbocycles. The number of amides is 1. The lowest BCUT2D eigenvalue weighted by Gasteiger charge is -2.37. The SMILES string of the molecule is O=C(NC(=S)N1CCC(=O)C(C(c2ccccc2)c2ccccc2)C1)c1ccccc1. The standard InChI is InChI=1S/C26H24N2O2S/c29-23-16-17-28(26(31)27-25(30)21-14-8-3-9-15-21)18-22(23)24(19-10-4-1-5-11-19)20-12-6-2-7-13-20/h1-15,22,24H,16-18H2,(H,27,30,31). The molecule has 1 atom stereocenters. The second-order valence-corrected chi connectivity index (χ2v) is 8.08. The first-order valence-electron chi connectivity index (χ1n) is 10.4. The van der Waals surface area contributed by atoms with E-state index in [2.05, 4.69) is 29.6 Å². The Hall–Kier alpha value is -3.31. The van der Waals surface area contributed by atoms with Crippen LogP contribution in [0.4, 0.5) is 0 Å². The molecule has 156 valence electrons. The molecule has 1 fully saturated rings. The highest BCUT2D eigenvalue weighted by Crippen LogP contribution is 2.35. The van der Waals surface area contributed by atoms with Gasteiger partial charge in [-0.1, -0.05) is 78.9 Å². The quantitative estimate of drug-likeness (QED) is 0.625. The number of piperidine rings is 1. The van der Waals surface area contributed by atoms with Crippen LogP contribution < -0.4 is 5.32 Å². The van der Waals surface area contributed by atoms with Gasteiger partial charge in [0.2, 0.25) is 0 Å². The molecule has 1 aliphatic heterocycles. The van der Waals surface area contributed by atoms with Gasteiger partial charge < -0.3 is 4.90 Å². The van der Waals surface area contributed by atoms with E-state index in [0.717, 1.165) is 11.1 Å². The predicted molar refractivity (Wildman–Crippen MR) is 126 cm³/mol. The molecule has 0 aromatic heterocycles. The number of benzene rings is 3. The maximum atomic E-state index is 13.0. The zero-order chi connectivity index (χ0) is 21.6. The van der Waals surface area contributed by atoms with Gasteiger partial charge in [-0.3, -0.25) is 14.9 Å². The van der Waals surface area contributed by atoms with Crippen molar-refractivity contribution in [2.45, 2.75) is 12.3 Å². The third-order valence-electron chi connectivity index (χ3n) is 5.72. The summed E-state index contributed by atoms with van der Waals surface area (Å²) in [6, 6.07) is 29.2. The van der Waals surface area contributed by atoms with Crippen LogP contribution in [0.3, 0.4) is 0 Å². The van der Waals surface area contributed by atoms with Gasteiger partial charge in [-0.05, 0) is 35.5 Å². The summed E-state index contributed by atoms with van der Waals surface area (Å²) in [6.07, 6.45) is 0.405. The van der Waals surface area contributed by atoms with Crippen LogP contribution >= 0.6 is 12.2 Å². The first-order chi connectivity index (χ1) is 15.1. The molecule has 0 aliphatic carbocycles. The van der Waals surface area contributed by atoms with Gasteiger partial charge >= 0.3 is 0 Å². The van der Waals surface area contributed by atoms with E-state index < -0.39 is 0 Å². The molecule has 1 N–H and O–H groups in total. The summed E-state index contributed by atoms with van der Waals surface area (Å²) in [5.74, 6) is -0.316. The molecule has 4 rings (SSSR count). The molecular formula is C26H24N2O2S. The van der Waals surface area contributed by atoms with Crippen molar-refractivity contribution in [2.75, 3.05) is 13.1 Å². The van der Waals surface area contributed by atoms with Gasteiger partial charge in [0.25, 0.3) is 5.91 Å². The number of carbonyl (C=O) groups excluding carboxylic acids is 2. The van der Waals surface area contributed by atoms with Crippen molar-refractivity contribution in [3.05, 3.63) is 108 Å². The normalized spacial score (nSPS) is 16.2. The lowest BCUT2D eigenvalue weighted by atomic mass is 9.76. The van der Waals surface area contributed by atoms with Crippen molar-refractivity contribution in [1.29, 1.82) is 0 Å². The molecule has 3 aromatic rings. The fraction of sp³-hybridized carbons (Fsp3) is 0.192. The first-order valence-corrected chi connectivity index (χ1v) is 10.8. The van der Waals surface area contributed by atoms with Crippen LogP contribution in [0.1, 0.15) is 33.8 Å². The Bertz CT molecular complexity index is 1020. The Labute approximate surface area is 187 Å². The van der Waals surface area contributed by atoms with E-state index in [1.165, 1.54) is 0 Å². The van der Waals surface area contributed by atoms with Gasteiger partial charge in [0, 0.05) is 36.9 Å². The van der Waals surface area contributed by atoms with Crippen LogP contribution in [0.5, 0.6) is 0 Å². The minimum Gasteiger partial charge on any atom is -0.348 e. The molecule has 31 heavy (non-hydrogen) atoms. The molecule has 0 radical (unpaired) electrons. The largest absolute Gasteiger partial charge is 0.348 e. The van der Waals surface area contributed by atoms with E-state index in [9.17, 15) is 9.59 Å². The van der Waals surface area contributed by atoms with Gasteiger partial charge in [0.1, 0.15) is 5.78 Å². The van der Waals surface area contributed by atoms with Crippen LogP contribution in [-0.4, -0.2) is 34.8 Å². The second kappa shape index (κ2) is 9.67. The van der Waals surface area contributed by atoms with Crippen LogP contribution in [-0.2, 0) is 4.79 Å². The van der Waals surface area contributed by atoms with E-state index in [1.54, 1.807) is 12.1 Å². The van der Waals surface area contributed by atoms with Crippen molar-refractivity contribution in [1.82, 2.24) is 10.2 Å². The first kappa shape index (κ1) is 20.9. The van der Waals surface area contributed by atoms with Crippen LogP contribution in [0.25, 0.3) is 0 Å². The monoisotopic (exact) mass is 428 g/mol. The molecule has 0 spiro atoms. The molecule has 0 bridgehead atoms. The minimum absolute atomic E-state index is 0.0645. The lowest BCUT2D eigenvalue weighted by Crippen LogP contribution is -2.50. The summed E-state index contributed by atoms with van der Waals surface area (Å²) in [5, 5.41) is 3.19. The number of nitrogens with zero attached hydrogens (tertiary/aromatic N) is 1. The minimum atomic E-state index is -0.245. The van der Waals surface area contributed by atoms with Gasteiger partial charge in [0.15, 0.2) is 5.11 Å². The van der Waals surface area contributed by atoms with Crippen molar-refractivity contribution >= 4 is 29.0 Å². The highest BCUT2D eigenvalue weighted by atomic mass is 32.1. The van der Waals surface area contributed by atoms with E-state index >= 15 is 0 Å². The third-order valence-corrected chi connectivity index (χ3v) is 6.08. The average Bonchev–Trinajstić information content (AvgIpc) is 2.82. The number of hydrogen-bond donors (Lipinski definition) is 1. The van der Waals surface area contributed by atoms with Gasteiger partial charge in [-0.15, -0.1) is 0 Å². The Morgan fingerprint density at radius 2 is 1.39 bits per heavy atom. The molecular weight excluding hydrogens is 404 g/mol. The number of nitrogens with one attached hydrogen (secondary N) is 1. The van der Waals surface area contributed by atoms with E-state index in [0.29, 0.717) is 30.2 Å². The molecule has 5 heteroatoms. The van der Waals surface area contributed by atoms with Crippen LogP contribution in [0.15, 0.2) is 91.0 Å². The van der Waals surface area contributed by atoms with Crippen molar-refractivity contribution in [3.8, 4) is 0 Å². The Morgan fingerprint density at radius 3 is 1.94 bits per heavy atom. The second-order valence-electron chi connectivity index (χ2n) is 7.69. The summed E-state index contributed by atoms with van der Waals surface area (Å²) in [5.41, 5.74) is 2.77. The maximum Gasteiger partial charge on any atom is 0.257 e. The number of ketones is 1. The highest BCUT2D eigenvalue weighted by molar-refractivity contribution is 7.80. The Kier molecular flexibility index (Phi) is 6.53. The molecule has 1 amide bonds. The number of carbonyl (C=O) groups is 2. The number of hydrogen-bond acceptors (Lipinski definition) is 3. The highest BCUT2D eigenvalue weighted by Gasteiger charge is 2.36. The fourth-order valence-electron chi connectivity index (χ4n) is 4.15. The average molecular weight is 429 g/mol. The van der Waals surface area contributed by atoms with Crippen molar-refractivity contribution < 1.29 is 9.59 Å². The van der Waals surface area contributed by atoms with Crippen LogP contribution in [0.2, 0.25) is 0 Å². The fourth-order valence-corrected chi connectivity index (χ4v) is 4.41. The van der Waals surface area contributed by atoms with Crippen molar-refractivity contribution in [2.24, 2.45) is 5.92 Å². The molecule has 1 unspecified atom stereocenters. The lowest BCUT2D eigenvalue weighted by molar-refractivity contribution is -0.125. The molecule has 1 aliphatic rings. The van der Waals surface area contributed by atoms with Crippen molar-refractivity contribution in [3.63, 3.8) is 0 Å². The summed E-state index contributed by atoms with van der Waals surface area (Å²) in [6.45, 7) is 0.987. The number of likely N-dealkylation sites (tertiary alicyclic amines) is 1. The van der Waals surface area contributed by atoms with Crippen LogP contribution in [0, 0.1) is 5.92 Å². The molecule has 0 saturated carbocycles. The summed E-state index contributed by atoms with van der Waals surface area (Å²) >= 11 is 5.54. The zero-order valence-corrected chi connectivity index (χ0v) is 17.9. The predicted octanol–water partition coefficient (Wildman–Crippen LogP) is 4.42. The van der Waals surface area contributed by atoms with E-state index in [4.69, 9.17) is 12.2 Å². The topological polar surface area (TPSA) is 49.4 Å². The molecule has 1 heterocycles. The zero-order valence-electron chi connectivity index (χ0n) is 17.1. The third kappa shape index (κ3) is 4.89. The Morgan fingerprint density at radius 1 is 0.871 bits per heavy atom. The summed E-state index contributed by atoms with van der Waals surface area (Å²) in [4.78, 5) is 27.5. The van der Waals surface area contributed by atoms with Gasteiger partial charge in [-0.2, -0.15) is 0 Å². The Balaban J connectivity index is 1.56. The smallest absolute Gasteiger partial charge is 0.257 e. The van der Waals surface area contributed by atoms with E-state index in [1.807, 2.05) is 59.5 Å². The van der Waals surface area contributed by atoms with E-state index in [-0.39, 0.29) is 23.5 Å². The summed E-state index contributed by atoms with van der Waals surface area (Å²) < 4.78 is 0. The molecule has 1 saturated heterocycles. The van der Waals surface area contributed by atoms with Gasteiger partial charge in [0.05, 0.1) is 0 Å². The summed E-state index contributed by atoms with van der Waals surface area (Å²) in [7, 11) is 0. The number of rotatable bonds is 4. The molecule has 4 nitrogen and oxygen atoms in total. The van der Waals surface area contributed by atoms with Gasteiger partial charge in [-0.25, -0.2) is 0 Å². The number of thiocarbonyl (C=S) groups is 1. The number of Topliss-reactive ketones (excluding diaryl/α,β-unsaturated/α-hetero) is 1.